The number of para-hydroxylation sites is 2. The number of hydrogen-bond donors (Lipinski definition) is 1. The van der Waals surface area contributed by atoms with Crippen molar-refractivity contribution in [2.75, 3.05) is 6.54 Å². The Morgan fingerprint density at radius 3 is 2.70 bits per heavy atom. The standard InChI is InChI=1S/C15H17N5/c1-3-16-15(14-8-9-18-20(14)2)13-10-17-11-6-4-5-7-12(11)19-13/h4-10,15-16H,3H2,1-2H3. The van der Waals surface area contributed by atoms with Gasteiger partial charge in [0.1, 0.15) is 0 Å². The molecule has 1 N–H and O–H groups in total. The van der Waals surface area contributed by atoms with E-state index in [0.717, 1.165) is 29.0 Å². The second-order valence-corrected chi connectivity index (χ2v) is 4.65. The Kier molecular flexibility index (Phi) is 3.43. The van der Waals surface area contributed by atoms with Gasteiger partial charge in [-0.05, 0) is 24.7 Å². The minimum Gasteiger partial charge on any atom is -0.304 e. The highest BCUT2D eigenvalue weighted by Gasteiger charge is 2.18. The quantitative estimate of drug-likeness (QED) is 0.786. The minimum atomic E-state index is 0.00426. The maximum Gasteiger partial charge on any atom is 0.0937 e. The summed E-state index contributed by atoms with van der Waals surface area (Å²) in [6.07, 6.45) is 3.64. The van der Waals surface area contributed by atoms with Crippen LogP contribution in [0.15, 0.2) is 42.7 Å². The zero-order valence-corrected chi connectivity index (χ0v) is 11.6. The normalized spacial score (nSPS) is 12.7. The second-order valence-electron chi connectivity index (χ2n) is 4.65. The lowest BCUT2D eigenvalue weighted by Gasteiger charge is -2.17. The molecule has 20 heavy (non-hydrogen) atoms. The summed E-state index contributed by atoms with van der Waals surface area (Å²) in [4.78, 5) is 9.22. The first-order chi connectivity index (χ1) is 9.79. The third-order valence-corrected chi connectivity index (χ3v) is 3.33. The molecule has 1 atom stereocenters. The molecule has 0 fully saturated rings. The van der Waals surface area contributed by atoms with Crippen molar-refractivity contribution in [3.8, 4) is 0 Å². The van der Waals surface area contributed by atoms with Gasteiger partial charge >= 0.3 is 0 Å². The predicted molar refractivity (Wildman–Crippen MR) is 78.3 cm³/mol. The van der Waals surface area contributed by atoms with E-state index in [1.165, 1.54) is 0 Å². The highest BCUT2D eigenvalue weighted by atomic mass is 15.3. The fraction of sp³-hybridized carbons (Fsp3) is 0.267. The number of hydrogen-bond acceptors (Lipinski definition) is 4. The average molecular weight is 267 g/mol. The third kappa shape index (κ3) is 2.28. The second kappa shape index (κ2) is 5.38. The summed E-state index contributed by atoms with van der Waals surface area (Å²) >= 11 is 0. The van der Waals surface area contributed by atoms with Crippen molar-refractivity contribution in [1.82, 2.24) is 25.1 Å². The van der Waals surface area contributed by atoms with Gasteiger partial charge < -0.3 is 5.32 Å². The maximum atomic E-state index is 4.73. The number of nitrogens with one attached hydrogen (secondary N) is 1. The Balaban J connectivity index is 2.07. The first-order valence-electron chi connectivity index (χ1n) is 6.72. The van der Waals surface area contributed by atoms with Crippen LogP contribution in [-0.2, 0) is 7.05 Å². The summed E-state index contributed by atoms with van der Waals surface area (Å²) in [6, 6.07) is 9.91. The first kappa shape index (κ1) is 12.7. The molecule has 102 valence electrons. The van der Waals surface area contributed by atoms with Crippen molar-refractivity contribution in [3.05, 3.63) is 54.1 Å². The molecular weight excluding hydrogens is 250 g/mol. The van der Waals surface area contributed by atoms with Crippen LogP contribution in [0.3, 0.4) is 0 Å². The maximum absolute atomic E-state index is 4.73. The molecule has 0 radical (unpaired) electrons. The van der Waals surface area contributed by atoms with Gasteiger partial charge in [0, 0.05) is 13.2 Å². The fourth-order valence-electron chi connectivity index (χ4n) is 2.34. The van der Waals surface area contributed by atoms with Crippen molar-refractivity contribution in [2.24, 2.45) is 7.05 Å². The molecule has 1 unspecified atom stereocenters. The van der Waals surface area contributed by atoms with E-state index in [-0.39, 0.29) is 6.04 Å². The van der Waals surface area contributed by atoms with E-state index < -0.39 is 0 Å². The van der Waals surface area contributed by atoms with Gasteiger partial charge in [-0.25, -0.2) is 4.98 Å². The molecule has 5 heteroatoms. The van der Waals surface area contributed by atoms with Crippen LogP contribution in [0.25, 0.3) is 11.0 Å². The van der Waals surface area contributed by atoms with Crippen LogP contribution < -0.4 is 5.32 Å². The number of aryl methyl sites for hydroxylation is 1. The summed E-state index contributed by atoms with van der Waals surface area (Å²) in [5.41, 5.74) is 3.82. The lowest BCUT2D eigenvalue weighted by atomic mass is 10.1. The molecule has 0 saturated carbocycles. The summed E-state index contributed by atoms with van der Waals surface area (Å²) in [6.45, 7) is 2.93. The molecule has 2 aromatic heterocycles. The monoisotopic (exact) mass is 267 g/mol. The molecule has 5 nitrogen and oxygen atoms in total. The van der Waals surface area contributed by atoms with Crippen LogP contribution in [0.2, 0.25) is 0 Å². The third-order valence-electron chi connectivity index (χ3n) is 3.33. The van der Waals surface area contributed by atoms with Gasteiger partial charge in [-0.15, -0.1) is 0 Å². The van der Waals surface area contributed by atoms with Crippen LogP contribution in [0, 0.1) is 0 Å². The zero-order chi connectivity index (χ0) is 13.9. The van der Waals surface area contributed by atoms with Gasteiger partial charge in [0.15, 0.2) is 0 Å². The lowest BCUT2D eigenvalue weighted by Crippen LogP contribution is -2.25. The molecule has 0 amide bonds. The van der Waals surface area contributed by atoms with E-state index in [4.69, 9.17) is 4.98 Å². The van der Waals surface area contributed by atoms with Gasteiger partial charge in [-0.2, -0.15) is 5.10 Å². The molecular formula is C15H17N5. The van der Waals surface area contributed by atoms with Crippen LogP contribution >= 0.6 is 0 Å². The van der Waals surface area contributed by atoms with Crippen molar-refractivity contribution in [3.63, 3.8) is 0 Å². The Hall–Kier alpha value is -2.27. The number of nitrogens with zero attached hydrogens (tertiary/aromatic N) is 4. The topological polar surface area (TPSA) is 55.6 Å². The molecule has 2 heterocycles. The Morgan fingerprint density at radius 2 is 2.00 bits per heavy atom. The molecule has 3 aromatic rings. The largest absolute Gasteiger partial charge is 0.304 e. The molecule has 0 saturated heterocycles. The predicted octanol–water partition coefficient (Wildman–Crippen LogP) is 2.06. The van der Waals surface area contributed by atoms with Gasteiger partial charge in [-0.1, -0.05) is 19.1 Å². The van der Waals surface area contributed by atoms with E-state index in [0.29, 0.717) is 0 Å². The van der Waals surface area contributed by atoms with E-state index >= 15 is 0 Å². The van der Waals surface area contributed by atoms with E-state index in [1.54, 1.807) is 6.20 Å². The van der Waals surface area contributed by atoms with Gasteiger partial charge in [0.2, 0.25) is 0 Å². The fourth-order valence-corrected chi connectivity index (χ4v) is 2.34. The summed E-state index contributed by atoms with van der Waals surface area (Å²) in [7, 11) is 1.94. The van der Waals surface area contributed by atoms with Gasteiger partial charge in [0.05, 0.1) is 34.7 Å². The lowest BCUT2D eigenvalue weighted by molar-refractivity contribution is 0.562. The molecule has 3 rings (SSSR count). The Labute approximate surface area is 117 Å². The van der Waals surface area contributed by atoms with Crippen LogP contribution in [0.5, 0.6) is 0 Å². The molecule has 1 aromatic carbocycles. The molecule has 0 aliphatic heterocycles. The smallest absolute Gasteiger partial charge is 0.0937 e. The highest BCUT2D eigenvalue weighted by Crippen LogP contribution is 2.20. The summed E-state index contributed by atoms with van der Waals surface area (Å²) in [5.74, 6) is 0. The van der Waals surface area contributed by atoms with E-state index in [2.05, 4.69) is 22.3 Å². The highest BCUT2D eigenvalue weighted by molar-refractivity contribution is 5.73. The molecule has 0 aliphatic carbocycles. The Bertz CT molecular complexity index is 719. The zero-order valence-electron chi connectivity index (χ0n) is 11.6. The van der Waals surface area contributed by atoms with Crippen molar-refractivity contribution < 1.29 is 0 Å². The number of aromatic nitrogens is 4. The van der Waals surface area contributed by atoms with Crippen LogP contribution in [0.1, 0.15) is 24.4 Å². The number of fused-ring (bicyclic) bond motifs is 1. The van der Waals surface area contributed by atoms with Crippen LogP contribution in [0.4, 0.5) is 0 Å². The van der Waals surface area contributed by atoms with E-state index in [1.807, 2.05) is 48.3 Å². The Morgan fingerprint density at radius 1 is 1.20 bits per heavy atom. The minimum absolute atomic E-state index is 0.00426. The van der Waals surface area contributed by atoms with Crippen molar-refractivity contribution in [2.45, 2.75) is 13.0 Å². The SMILES string of the molecule is CCNC(c1cnc2ccccc2n1)c1ccnn1C. The summed E-state index contributed by atoms with van der Waals surface area (Å²) in [5, 5.41) is 7.68. The average Bonchev–Trinajstić information content (AvgIpc) is 2.90. The van der Waals surface area contributed by atoms with Gasteiger partial charge in [0.25, 0.3) is 0 Å². The van der Waals surface area contributed by atoms with Crippen LogP contribution in [-0.4, -0.2) is 26.3 Å². The molecule has 0 aliphatic rings. The molecule has 0 spiro atoms. The number of benzene rings is 1. The number of rotatable bonds is 4. The van der Waals surface area contributed by atoms with Crippen molar-refractivity contribution in [1.29, 1.82) is 0 Å². The van der Waals surface area contributed by atoms with E-state index in [9.17, 15) is 0 Å². The summed E-state index contributed by atoms with van der Waals surface area (Å²) < 4.78 is 1.87. The first-order valence-corrected chi connectivity index (χ1v) is 6.72. The molecule has 0 bridgehead atoms. The van der Waals surface area contributed by atoms with Gasteiger partial charge in [-0.3, -0.25) is 9.67 Å². The van der Waals surface area contributed by atoms with Crippen molar-refractivity contribution >= 4 is 11.0 Å².